The molecule has 0 bridgehead atoms. The molecule has 1 fully saturated rings. The quantitative estimate of drug-likeness (QED) is 0.581. The standard InChI is InChI=1S/C20H28N2O4S/c1-2-26-20(23)18-8-10-19(11-9-18)27(24,25)22-14-12-21(13-15-22)16-17-6-4-3-5-7-17/h3-4,8-11,17H,2,5-7,12-16H2,1H3/p+1/t17-/m0/s1. The van der Waals surface area contributed by atoms with Crippen molar-refractivity contribution in [3.05, 3.63) is 42.0 Å². The van der Waals surface area contributed by atoms with Gasteiger partial charge in [-0.15, -0.1) is 0 Å². The number of quaternary nitrogens is 1. The Morgan fingerprint density at radius 1 is 1.19 bits per heavy atom. The highest BCUT2D eigenvalue weighted by Crippen LogP contribution is 2.18. The predicted octanol–water partition coefficient (Wildman–Crippen LogP) is 1.11. The maximum atomic E-state index is 12.9. The Labute approximate surface area is 161 Å². The summed E-state index contributed by atoms with van der Waals surface area (Å²) in [5, 5.41) is 0. The lowest BCUT2D eigenvalue weighted by atomic mass is 9.94. The molecule has 6 nitrogen and oxygen atoms in total. The number of hydrogen-bond acceptors (Lipinski definition) is 4. The topological polar surface area (TPSA) is 68.1 Å². The molecule has 0 spiro atoms. The van der Waals surface area contributed by atoms with E-state index in [0.717, 1.165) is 32.0 Å². The molecule has 1 atom stereocenters. The van der Waals surface area contributed by atoms with Crippen molar-refractivity contribution in [3.63, 3.8) is 0 Å². The second-order valence-corrected chi connectivity index (χ2v) is 9.19. The summed E-state index contributed by atoms with van der Waals surface area (Å²) < 4.78 is 32.3. The average Bonchev–Trinajstić information content (AvgIpc) is 2.69. The van der Waals surface area contributed by atoms with Crippen LogP contribution in [0.2, 0.25) is 0 Å². The van der Waals surface area contributed by atoms with Crippen LogP contribution in [0.3, 0.4) is 0 Å². The van der Waals surface area contributed by atoms with Crippen LogP contribution in [0.4, 0.5) is 0 Å². The van der Waals surface area contributed by atoms with Crippen molar-refractivity contribution in [1.82, 2.24) is 4.31 Å². The number of esters is 1. The molecule has 2 aliphatic rings. The molecular weight excluding hydrogens is 364 g/mol. The van der Waals surface area contributed by atoms with Gasteiger partial charge >= 0.3 is 5.97 Å². The fourth-order valence-corrected chi connectivity index (χ4v) is 5.26. The summed E-state index contributed by atoms with van der Waals surface area (Å²) in [6.45, 7) is 5.94. The lowest BCUT2D eigenvalue weighted by Gasteiger charge is -2.33. The van der Waals surface area contributed by atoms with Crippen molar-refractivity contribution in [3.8, 4) is 0 Å². The van der Waals surface area contributed by atoms with Crippen LogP contribution >= 0.6 is 0 Å². The van der Waals surface area contributed by atoms with Gasteiger partial charge in [0.1, 0.15) is 0 Å². The molecule has 7 heteroatoms. The summed E-state index contributed by atoms with van der Waals surface area (Å²) in [4.78, 5) is 13.5. The number of sulfonamides is 1. The maximum Gasteiger partial charge on any atom is 0.338 e. The van der Waals surface area contributed by atoms with Gasteiger partial charge in [0.2, 0.25) is 10.0 Å². The maximum absolute atomic E-state index is 12.9. The molecule has 0 radical (unpaired) electrons. The third-order valence-corrected chi connectivity index (χ3v) is 7.30. The van der Waals surface area contributed by atoms with Gasteiger partial charge in [-0.25, -0.2) is 13.2 Å². The lowest BCUT2D eigenvalue weighted by molar-refractivity contribution is -0.907. The van der Waals surface area contributed by atoms with E-state index in [1.807, 2.05) is 0 Å². The zero-order valence-electron chi connectivity index (χ0n) is 15.9. The number of carbonyl (C=O) groups excluding carboxylic acids is 1. The molecule has 1 aromatic carbocycles. The van der Waals surface area contributed by atoms with E-state index >= 15 is 0 Å². The molecule has 1 N–H and O–H groups in total. The van der Waals surface area contributed by atoms with E-state index in [4.69, 9.17) is 4.74 Å². The van der Waals surface area contributed by atoms with Gasteiger partial charge in [-0.2, -0.15) is 4.31 Å². The zero-order chi connectivity index (χ0) is 19.3. The number of carbonyl (C=O) groups is 1. The Bertz CT molecular complexity index is 766. The largest absolute Gasteiger partial charge is 0.462 e. The van der Waals surface area contributed by atoms with Gasteiger partial charge in [0.15, 0.2) is 0 Å². The molecule has 0 aromatic heterocycles. The molecule has 1 saturated heterocycles. The van der Waals surface area contributed by atoms with Gasteiger partial charge in [-0.05, 0) is 50.5 Å². The van der Waals surface area contributed by atoms with Crippen LogP contribution in [0.5, 0.6) is 0 Å². The monoisotopic (exact) mass is 393 g/mol. The Morgan fingerprint density at radius 3 is 2.48 bits per heavy atom. The first kappa shape index (κ1) is 20.0. The Kier molecular flexibility index (Phi) is 6.68. The molecule has 0 saturated carbocycles. The number of nitrogens with zero attached hydrogens (tertiary/aromatic N) is 1. The summed E-state index contributed by atoms with van der Waals surface area (Å²) in [5.41, 5.74) is 0.367. The van der Waals surface area contributed by atoms with Gasteiger partial charge in [0.05, 0.1) is 49.8 Å². The molecule has 27 heavy (non-hydrogen) atoms. The summed E-state index contributed by atoms with van der Waals surface area (Å²) in [6.07, 6.45) is 8.09. The number of nitrogens with one attached hydrogen (secondary N) is 1. The van der Waals surface area contributed by atoms with Crippen molar-refractivity contribution in [2.45, 2.75) is 31.1 Å². The Morgan fingerprint density at radius 2 is 1.89 bits per heavy atom. The fraction of sp³-hybridized carbons (Fsp3) is 0.550. The van der Waals surface area contributed by atoms with E-state index in [-0.39, 0.29) is 4.90 Å². The van der Waals surface area contributed by atoms with Gasteiger partial charge in [-0.1, -0.05) is 12.2 Å². The number of benzene rings is 1. The van der Waals surface area contributed by atoms with Crippen molar-refractivity contribution in [2.75, 3.05) is 39.3 Å². The van der Waals surface area contributed by atoms with Crippen LogP contribution in [0.25, 0.3) is 0 Å². The molecule has 1 aliphatic heterocycles. The van der Waals surface area contributed by atoms with Crippen LogP contribution in [-0.4, -0.2) is 58.0 Å². The third-order valence-electron chi connectivity index (χ3n) is 5.39. The van der Waals surface area contributed by atoms with E-state index in [1.165, 1.54) is 42.0 Å². The van der Waals surface area contributed by atoms with Crippen LogP contribution in [-0.2, 0) is 14.8 Å². The van der Waals surface area contributed by atoms with Crippen molar-refractivity contribution in [1.29, 1.82) is 0 Å². The van der Waals surface area contributed by atoms with Crippen LogP contribution < -0.4 is 4.90 Å². The second kappa shape index (κ2) is 8.99. The smallest absolute Gasteiger partial charge is 0.338 e. The molecule has 1 heterocycles. The molecule has 0 amide bonds. The number of hydrogen-bond donors (Lipinski definition) is 1. The van der Waals surface area contributed by atoms with Gasteiger partial charge in [0, 0.05) is 5.92 Å². The Balaban J connectivity index is 1.57. The predicted molar refractivity (Wildman–Crippen MR) is 103 cm³/mol. The van der Waals surface area contributed by atoms with Gasteiger partial charge in [0.25, 0.3) is 0 Å². The Hall–Kier alpha value is -1.70. The number of ether oxygens (including phenoxy) is 1. The number of piperazine rings is 1. The first-order chi connectivity index (χ1) is 13.0. The lowest BCUT2D eigenvalue weighted by Crippen LogP contribution is -3.15. The zero-order valence-corrected chi connectivity index (χ0v) is 16.7. The number of rotatable bonds is 6. The van der Waals surface area contributed by atoms with E-state index in [1.54, 1.807) is 11.2 Å². The molecule has 3 rings (SSSR count). The third kappa shape index (κ3) is 4.97. The minimum absolute atomic E-state index is 0.233. The van der Waals surface area contributed by atoms with E-state index in [9.17, 15) is 13.2 Å². The average molecular weight is 394 g/mol. The molecule has 0 unspecified atom stereocenters. The fourth-order valence-electron chi connectivity index (χ4n) is 3.82. The van der Waals surface area contributed by atoms with Crippen LogP contribution in [0.1, 0.15) is 36.5 Å². The molecular formula is C20H29N2O4S+. The summed E-state index contributed by atoms with van der Waals surface area (Å²) in [5.74, 6) is 0.291. The minimum atomic E-state index is -3.52. The minimum Gasteiger partial charge on any atom is -0.462 e. The van der Waals surface area contributed by atoms with Gasteiger partial charge in [-0.3, -0.25) is 0 Å². The van der Waals surface area contributed by atoms with Crippen molar-refractivity contribution in [2.24, 2.45) is 5.92 Å². The summed E-state index contributed by atoms with van der Waals surface area (Å²) in [7, 11) is -3.52. The van der Waals surface area contributed by atoms with E-state index in [0.29, 0.717) is 25.3 Å². The molecule has 1 aromatic rings. The van der Waals surface area contributed by atoms with Crippen molar-refractivity contribution < 1.29 is 22.8 Å². The second-order valence-electron chi connectivity index (χ2n) is 7.25. The highest BCUT2D eigenvalue weighted by molar-refractivity contribution is 7.89. The number of allylic oxidation sites excluding steroid dienone is 2. The highest BCUT2D eigenvalue weighted by atomic mass is 32.2. The van der Waals surface area contributed by atoms with Crippen LogP contribution in [0, 0.1) is 5.92 Å². The summed E-state index contributed by atoms with van der Waals surface area (Å²) >= 11 is 0. The van der Waals surface area contributed by atoms with Crippen molar-refractivity contribution >= 4 is 16.0 Å². The molecule has 1 aliphatic carbocycles. The molecule has 148 valence electrons. The SMILES string of the molecule is CCOC(=O)c1ccc(S(=O)(=O)N2CC[NH+](C[C@H]3CC=CCC3)CC2)cc1. The van der Waals surface area contributed by atoms with Crippen LogP contribution in [0.15, 0.2) is 41.3 Å². The normalized spacial score (nSPS) is 21.9. The van der Waals surface area contributed by atoms with E-state index in [2.05, 4.69) is 12.2 Å². The first-order valence-corrected chi connectivity index (χ1v) is 11.2. The van der Waals surface area contributed by atoms with E-state index < -0.39 is 16.0 Å². The highest BCUT2D eigenvalue weighted by Gasteiger charge is 2.31. The summed E-state index contributed by atoms with van der Waals surface area (Å²) in [6, 6.07) is 6.02. The van der Waals surface area contributed by atoms with Gasteiger partial charge < -0.3 is 9.64 Å². The first-order valence-electron chi connectivity index (χ1n) is 9.76.